The zero-order valence-electron chi connectivity index (χ0n) is 9.54. The van der Waals surface area contributed by atoms with Crippen LogP contribution in [0.15, 0.2) is 33.9 Å². The number of nitrogens with one attached hydrogen (secondary N) is 1. The van der Waals surface area contributed by atoms with Crippen molar-refractivity contribution < 1.29 is 4.39 Å². The molecular weight excluding hydrogens is 259 g/mol. The minimum Gasteiger partial charge on any atom is -0.297 e. The molecule has 0 bridgehead atoms. The van der Waals surface area contributed by atoms with Gasteiger partial charge in [0.25, 0.3) is 5.56 Å². The molecule has 2 rings (SSSR count). The fourth-order valence-corrected chi connectivity index (χ4v) is 1.97. The van der Waals surface area contributed by atoms with E-state index in [1.807, 2.05) is 0 Å². The van der Waals surface area contributed by atoms with E-state index in [4.69, 9.17) is 11.6 Å². The highest BCUT2D eigenvalue weighted by Gasteiger charge is 2.12. The van der Waals surface area contributed by atoms with Crippen LogP contribution in [0.3, 0.4) is 0 Å². The number of halogens is 2. The smallest absolute Gasteiger partial charge is 0.297 e. The van der Waals surface area contributed by atoms with E-state index in [1.54, 1.807) is 6.92 Å². The van der Waals surface area contributed by atoms with Crippen molar-refractivity contribution in [3.8, 4) is 5.69 Å². The zero-order valence-corrected chi connectivity index (χ0v) is 10.3. The maximum absolute atomic E-state index is 12.8. The van der Waals surface area contributed by atoms with Crippen LogP contribution in [0, 0.1) is 5.82 Å². The molecule has 6 heteroatoms. The van der Waals surface area contributed by atoms with Gasteiger partial charge in [-0.25, -0.2) is 13.8 Å². The number of H-pyrrole nitrogens is 1. The molecule has 0 unspecified atom stereocenters. The van der Waals surface area contributed by atoms with Gasteiger partial charge in [0.15, 0.2) is 0 Å². The molecule has 0 aliphatic carbocycles. The molecule has 0 saturated heterocycles. The Morgan fingerprint density at radius 1 is 1.28 bits per heavy atom. The van der Waals surface area contributed by atoms with Crippen molar-refractivity contribution in [1.82, 2.24) is 9.55 Å². The van der Waals surface area contributed by atoms with E-state index in [0.717, 1.165) is 4.57 Å². The van der Waals surface area contributed by atoms with Crippen LogP contribution < -0.4 is 11.2 Å². The third kappa shape index (κ3) is 2.09. The molecule has 1 heterocycles. The zero-order chi connectivity index (χ0) is 13.3. The molecule has 1 aromatic carbocycles. The van der Waals surface area contributed by atoms with Crippen LogP contribution in [0.25, 0.3) is 5.69 Å². The number of benzene rings is 1. The Balaban J connectivity index is 2.76. The lowest BCUT2D eigenvalue weighted by Gasteiger charge is -2.07. The number of nitrogens with zero attached hydrogens (tertiary/aromatic N) is 1. The Bertz CT molecular complexity index is 689. The molecule has 0 radical (unpaired) electrons. The highest BCUT2D eigenvalue weighted by molar-refractivity contribution is 6.30. The first kappa shape index (κ1) is 12.6. The number of aromatic amines is 1. The SMILES string of the molecule is CCc1c(Cl)[nH]c(=O)n(-c2ccc(F)cc2)c1=O. The van der Waals surface area contributed by atoms with E-state index in [0.29, 0.717) is 17.7 Å². The number of hydrogen-bond donors (Lipinski definition) is 1. The minimum absolute atomic E-state index is 0.0471. The average Bonchev–Trinajstić information content (AvgIpc) is 2.31. The van der Waals surface area contributed by atoms with E-state index in [-0.39, 0.29) is 5.15 Å². The number of hydrogen-bond acceptors (Lipinski definition) is 2. The topological polar surface area (TPSA) is 54.9 Å². The second kappa shape index (κ2) is 4.78. The van der Waals surface area contributed by atoms with Gasteiger partial charge >= 0.3 is 5.69 Å². The van der Waals surface area contributed by atoms with Crippen LogP contribution in [0.4, 0.5) is 4.39 Å². The predicted octanol–water partition coefficient (Wildman–Crippen LogP) is 1.88. The summed E-state index contributed by atoms with van der Waals surface area (Å²) in [6.07, 6.45) is 0.398. The van der Waals surface area contributed by atoms with Crippen molar-refractivity contribution >= 4 is 11.6 Å². The third-order valence-corrected chi connectivity index (χ3v) is 2.91. The van der Waals surface area contributed by atoms with Crippen LogP contribution in [0.5, 0.6) is 0 Å². The largest absolute Gasteiger partial charge is 0.334 e. The summed E-state index contributed by atoms with van der Waals surface area (Å²) in [6, 6.07) is 5.08. The molecule has 2 aromatic rings. The van der Waals surface area contributed by atoms with Gasteiger partial charge in [-0.3, -0.25) is 9.78 Å². The van der Waals surface area contributed by atoms with E-state index in [2.05, 4.69) is 4.98 Å². The van der Waals surface area contributed by atoms with E-state index in [1.165, 1.54) is 24.3 Å². The van der Waals surface area contributed by atoms with Crippen LogP contribution in [0.2, 0.25) is 5.15 Å². The van der Waals surface area contributed by atoms with Crippen LogP contribution in [-0.4, -0.2) is 9.55 Å². The number of rotatable bonds is 2. The molecular formula is C12H10ClFN2O2. The molecule has 0 atom stereocenters. The Kier molecular flexibility index (Phi) is 3.34. The molecule has 1 aromatic heterocycles. The second-order valence-electron chi connectivity index (χ2n) is 3.69. The van der Waals surface area contributed by atoms with Crippen molar-refractivity contribution in [3.63, 3.8) is 0 Å². The van der Waals surface area contributed by atoms with Gasteiger partial charge in [-0.2, -0.15) is 0 Å². The Hall–Kier alpha value is -1.88. The van der Waals surface area contributed by atoms with Crippen molar-refractivity contribution in [2.45, 2.75) is 13.3 Å². The van der Waals surface area contributed by atoms with Crippen LogP contribution in [0.1, 0.15) is 12.5 Å². The van der Waals surface area contributed by atoms with Gasteiger partial charge in [-0.05, 0) is 30.7 Å². The lowest BCUT2D eigenvalue weighted by atomic mass is 10.2. The van der Waals surface area contributed by atoms with E-state index in [9.17, 15) is 14.0 Å². The van der Waals surface area contributed by atoms with E-state index < -0.39 is 17.1 Å². The van der Waals surface area contributed by atoms with Gasteiger partial charge in [0.05, 0.1) is 11.3 Å². The number of aromatic nitrogens is 2. The molecule has 94 valence electrons. The molecule has 0 aliphatic rings. The standard InChI is InChI=1S/C12H10ClFN2O2/c1-2-9-10(13)15-12(18)16(11(9)17)8-5-3-7(14)4-6-8/h3-6H,2H2,1H3,(H,15,18). The van der Waals surface area contributed by atoms with Crippen LogP contribution in [-0.2, 0) is 6.42 Å². The quantitative estimate of drug-likeness (QED) is 0.846. The summed E-state index contributed by atoms with van der Waals surface area (Å²) in [6.45, 7) is 1.76. The molecule has 0 aliphatic heterocycles. The summed E-state index contributed by atoms with van der Waals surface area (Å²) in [5.74, 6) is -0.437. The second-order valence-corrected chi connectivity index (χ2v) is 4.07. The van der Waals surface area contributed by atoms with Crippen molar-refractivity contribution in [2.24, 2.45) is 0 Å². The summed E-state index contributed by atoms with van der Waals surface area (Å²) in [5.41, 5.74) is -0.513. The monoisotopic (exact) mass is 268 g/mol. The lowest BCUT2D eigenvalue weighted by Crippen LogP contribution is -2.36. The normalized spacial score (nSPS) is 10.6. The van der Waals surface area contributed by atoms with Crippen molar-refractivity contribution in [2.75, 3.05) is 0 Å². The molecule has 18 heavy (non-hydrogen) atoms. The summed E-state index contributed by atoms with van der Waals surface area (Å²) < 4.78 is 13.8. The van der Waals surface area contributed by atoms with Gasteiger partial charge in [-0.1, -0.05) is 18.5 Å². The van der Waals surface area contributed by atoms with Gasteiger partial charge in [-0.15, -0.1) is 0 Å². The van der Waals surface area contributed by atoms with Gasteiger partial charge in [0, 0.05) is 0 Å². The molecule has 1 N–H and O–H groups in total. The first-order valence-corrected chi connectivity index (χ1v) is 5.72. The first-order valence-electron chi connectivity index (χ1n) is 5.34. The first-order chi connectivity index (χ1) is 8.54. The summed E-state index contributed by atoms with van der Waals surface area (Å²) in [5, 5.41) is 0.0471. The summed E-state index contributed by atoms with van der Waals surface area (Å²) >= 11 is 5.79. The summed E-state index contributed by atoms with van der Waals surface area (Å²) in [4.78, 5) is 26.2. The average molecular weight is 269 g/mol. The highest BCUT2D eigenvalue weighted by Crippen LogP contribution is 2.09. The highest BCUT2D eigenvalue weighted by atomic mass is 35.5. The van der Waals surface area contributed by atoms with Crippen molar-refractivity contribution in [3.05, 3.63) is 61.6 Å². The Morgan fingerprint density at radius 2 is 1.89 bits per heavy atom. The minimum atomic E-state index is -0.645. The molecule has 0 fully saturated rings. The van der Waals surface area contributed by atoms with Crippen molar-refractivity contribution in [1.29, 1.82) is 0 Å². The fourth-order valence-electron chi connectivity index (χ4n) is 1.68. The molecule has 0 amide bonds. The third-order valence-electron chi connectivity index (χ3n) is 2.58. The Morgan fingerprint density at radius 3 is 2.44 bits per heavy atom. The van der Waals surface area contributed by atoms with Gasteiger partial charge < -0.3 is 0 Å². The summed E-state index contributed by atoms with van der Waals surface area (Å²) in [7, 11) is 0. The van der Waals surface area contributed by atoms with Gasteiger partial charge in [0.1, 0.15) is 11.0 Å². The van der Waals surface area contributed by atoms with E-state index >= 15 is 0 Å². The maximum atomic E-state index is 12.8. The molecule has 0 spiro atoms. The molecule has 0 saturated carbocycles. The fraction of sp³-hybridized carbons (Fsp3) is 0.167. The van der Waals surface area contributed by atoms with Gasteiger partial charge in [0.2, 0.25) is 0 Å². The Labute approximate surface area is 107 Å². The lowest BCUT2D eigenvalue weighted by molar-refractivity contribution is 0.627. The maximum Gasteiger partial charge on any atom is 0.334 e. The predicted molar refractivity (Wildman–Crippen MR) is 67.0 cm³/mol. The van der Waals surface area contributed by atoms with Crippen LogP contribution >= 0.6 is 11.6 Å². The molecule has 4 nitrogen and oxygen atoms in total.